The van der Waals surface area contributed by atoms with Crippen molar-refractivity contribution in [3.63, 3.8) is 0 Å². The fourth-order valence-corrected chi connectivity index (χ4v) is 0.795. The second-order valence-corrected chi connectivity index (χ2v) is 3.02. The van der Waals surface area contributed by atoms with Crippen LogP contribution in [0.25, 0.3) is 0 Å². The second-order valence-electron chi connectivity index (χ2n) is 3.02. The minimum atomic E-state index is 0.936. The van der Waals surface area contributed by atoms with Crippen LogP contribution in [0.3, 0.4) is 0 Å². The summed E-state index contributed by atoms with van der Waals surface area (Å²) in [6.45, 7) is 8.07. The Balaban J connectivity index is 3.09. The van der Waals surface area contributed by atoms with E-state index in [0.717, 1.165) is 19.3 Å². The molecule has 0 N–H and O–H groups in total. The highest BCUT2D eigenvalue weighted by Crippen LogP contribution is 2.07. The first kappa shape index (κ1) is 10.6. The highest BCUT2D eigenvalue weighted by atomic mass is 14.0. The Morgan fingerprint density at radius 2 is 1.82 bits per heavy atom. The molecule has 0 atom stereocenters. The Labute approximate surface area is 71.4 Å². The standard InChI is InChI=1S/C11H18/c1-4-5-6-7-8-9-10-11(2)3/h1,4-5,8-10H2,2-3H3. The molecule has 0 nitrogen and oxygen atoms in total. The molecule has 0 aliphatic heterocycles. The fraction of sp³-hybridized carbons (Fsp3) is 0.636. The smallest absolute Gasteiger partial charge is 0.00888 e. The van der Waals surface area contributed by atoms with Gasteiger partial charge >= 0.3 is 0 Å². The van der Waals surface area contributed by atoms with E-state index in [1.54, 1.807) is 0 Å². The average molecular weight is 150 g/mol. The Kier molecular flexibility index (Phi) is 7.36. The van der Waals surface area contributed by atoms with Crippen molar-refractivity contribution in [1.29, 1.82) is 0 Å². The predicted octanol–water partition coefficient (Wildman–Crippen LogP) is 3.39. The Bertz CT molecular complexity index is 123. The normalized spacial score (nSPS) is 9.45. The molecule has 0 amide bonds. The van der Waals surface area contributed by atoms with Crippen molar-refractivity contribution in [2.45, 2.75) is 46.0 Å². The SMILES string of the molecule is [CH2]CCC#CCCC[C](C)C. The zero-order valence-electron chi connectivity index (χ0n) is 7.74. The van der Waals surface area contributed by atoms with Crippen molar-refractivity contribution in [2.75, 3.05) is 0 Å². The van der Waals surface area contributed by atoms with Crippen molar-refractivity contribution >= 4 is 0 Å². The molecule has 0 fully saturated rings. The Morgan fingerprint density at radius 3 is 2.36 bits per heavy atom. The average Bonchev–Trinajstić information content (AvgIpc) is 1.96. The van der Waals surface area contributed by atoms with Gasteiger partial charge in [0.25, 0.3) is 0 Å². The molecule has 0 heterocycles. The topological polar surface area (TPSA) is 0 Å². The maximum Gasteiger partial charge on any atom is 0.00888 e. The molecule has 0 aliphatic rings. The van der Waals surface area contributed by atoms with Crippen molar-refractivity contribution in [3.05, 3.63) is 12.8 Å². The monoisotopic (exact) mass is 150 g/mol. The molecule has 0 heteroatoms. The van der Waals surface area contributed by atoms with Crippen molar-refractivity contribution < 1.29 is 0 Å². The third-order valence-corrected chi connectivity index (χ3v) is 1.41. The molecule has 0 saturated heterocycles. The van der Waals surface area contributed by atoms with Gasteiger partial charge in [0.2, 0.25) is 0 Å². The number of rotatable bonds is 4. The van der Waals surface area contributed by atoms with Gasteiger partial charge in [-0.3, -0.25) is 0 Å². The fourth-order valence-electron chi connectivity index (χ4n) is 0.795. The molecule has 0 aromatic carbocycles. The van der Waals surface area contributed by atoms with Gasteiger partial charge in [-0.05, 0) is 25.2 Å². The van der Waals surface area contributed by atoms with Crippen LogP contribution in [0.15, 0.2) is 0 Å². The summed E-state index contributed by atoms with van der Waals surface area (Å²) in [5.74, 6) is 7.73. The van der Waals surface area contributed by atoms with Crippen LogP contribution in [0.2, 0.25) is 0 Å². The lowest BCUT2D eigenvalue weighted by atomic mass is 10.1. The molecule has 0 aromatic heterocycles. The van der Waals surface area contributed by atoms with Gasteiger partial charge in [-0.2, -0.15) is 0 Å². The third-order valence-electron chi connectivity index (χ3n) is 1.41. The minimum absolute atomic E-state index is 0.936. The molecule has 0 unspecified atom stereocenters. The van der Waals surface area contributed by atoms with Gasteiger partial charge in [-0.25, -0.2) is 0 Å². The molecule has 0 aromatic rings. The maximum atomic E-state index is 3.73. The van der Waals surface area contributed by atoms with E-state index >= 15 is 0 Å². The summed E-state index contributed by atoms with van der Waals surface area (Å²) in [6.07, 6.45) is 5.37. The quantitative estimate of drug-likeness (QED) is 0.425. The van der Waals surface area contributed by atoms with Gasteiger partial charge in [0.05, 0.1) is 0 Å². The van der Waals surface area contributed by atoms with E-state index in [-0.39, 0.29) is 0 Å². The highest BCUT2D eigenvalue weighted by molar-refractivity contribution is 4.99. The highest BCUT2D eigenvalue weighted by Gasteiger charge is 1.91. The first-order valence-electron chi connectivity index (χ1n) is 4.31. The lowest BCUT2D eigenvalue weighted by molar-refractivity contribution is 0.768. The minimum Gasteiger partial charge on any atom is -0.103 e. The third kappa shape index (κ3) is 9.56. The Hall–Kier alpha value is -0.440. The lowest BCUT2D eigenvalue weighted by Gasteiger charge is -1.98. The van der Waals surface area contributed by atoms with Crippen LogP contribution in [0, 0.1) is 24.7 Å². The number of unbranched alkanes of at least 4 members (excludes halogenated alkanes) is 2. The largest absolute Gasteiger partial charge is 0.103 e. The summed E-state index contributed by atoms with van der Waals surface area (Å²) in [5, 5.41) is 0. The van der Waals surface area contributed by atoms with Crippen LogP contribution < -0.4 is 0 Å². The lowest BCUT2D eigenvalue weighted by Crippen LogP contribution is -1.82. The van der Waals surface area contributed by atoms with Crippen LogP contribution >= 0.6 is 0 Å². The van der Waals surface area contributed by atoms with Gasteiger partial charge in [0.1, 0.15) is 0 Å². The van der Waals surface area contributed by atoms with E-state index in [0.29, 0.717) is 0 Å². The van der Waals surface area contributed by atoms with E-state index in [9.17, 15) is 0 Å². The van der Waals surface area contributed by atoms with Gasteiger partial charge in [-0.1, -0.05) is 20.8 Å². The molecule has 0 spiro atoms. The summed E-state index contributed by atoms with van der Waals surface area (Å²) in [7, 11) is 0. The maximum absolute atomic E-state index is 3.73. The van der Waals surface area contributed by atoms with E-state index in [2.05, 4.69) is 32.6 Å². The van der Waals surface area contributed by atoms with Gasteiger partial charge in [0, 0.05) is 12.8 Å². The first-order chi connectivity index (χ1) is 5.27. The van der Waals surface area contributed by atoms with Gasteiger partial charge < -0.3 is 0 Å². The second kappa shape index (κ2) is 7.66. The molecule has 0 bridgehead atoms. The summed E-state index contributed by atoms with van der Waals surface area (Å²) in [5.41, 5.74) is 0. The van der Waals surface area contributed by atoms with Crippen LogP contribution in [0.5, 0.6) is 0 Å². The van der Waals surface area contributed by atoms with Crippen molar-refractivity contribution in [3.8, 4) is 11.8 Å². The van der Waals surface area contributed by atoms with E-state index in [1.165, 1.54) is 18.8 Å². The van der Waals surface area contributed by atoms with Gasteiger partial charge in [0.15, 0.2) is 0 Å². The summed E-state index contributed by atoms with van der Waals surface area (Å²) >= 11 is 0. The summed E-state index contributed by atoms with van der Waals surface area (Å²) in [4.78, 5) is 0. The molecule has 0 saturated carbocycles. The molecule has 0 aliphatic carbocycles. The zero-order chi connectivity index (χ0) is 8.53. The van der Waals surface area contributed by atoms with Crippen LogP contribution in [-0.4, -0.2) is 0 Å². The number of hydrogen-bond donors (Lipinski definition) is 0. The van der Waals surface area contributed by atoms with Crippen LogP contribution in [-0.2, 0) is 0 Å². The molecule has 11 heavy (non-hydrogen) atoms. The van der Waals surface area contributed by atoms with E-state index < -0.39 is 0 Å². The zero-order valence-corrected chi connectivity index (χ0v) is 7.74. The molecular weight excluding hydrogens is 132 g/mol. The van der Waals surface area contributed by atoms with E-state index in [4.69, 9.17) is 0 Å². The van der Waals surface area contributed by atoms with Crippen molar-refractivity contribution in [2.24, 2.45) is 0 Å². The molecule has 0 rings (SSSR count). The van der Waals surface area contributed by atoms with E-state index in [1.807, 2.05) is 0 Å². The number of hydrogen-bond acceptors (Lipinski definition) is 0. The van der Waals surface area contributed by atoms with Crippen LogP contribution in [0.1, 0.15) is 46.0 Å². The molecule has 62 valence electrons. The molecular formula is C11H18. The first-order valence-corrected chi connectivity index (χ1v) is 4.31. The van der Waals surface area contributed by atoms with Crippen LogP contribution in [0.4, 0.5) is 0 Å². The summed E-state index contributed by atoms with van der Waals surface area (Å²) in [6, 6.07) is 0. The van der Waals surface area contributed by atoms with Gasteiger partial charge in [-0.15, -0.1) is 11.8 Å². The Morgan fingerprint density at radius 1 is 1.18 bits per heavy atom. The predicted molar refractivity (Wildman–Crippen MR) is 50.8 cm³/mol. The molecule has 2 radical (unpaired) electrons. The summed E-state index contributed by atoms with van der Waals surface area (Å²) < 4.78 is 0. The van der Waals surface area contributed by atoms with Crippen molar-refractivity contribution in [1.82, 2.24) is 0 Å².